The summed E-state index contributed by atoms with van der Waals surface area (Å²) in [4.78, 5) is 15.4. The van der Waals surface area contributed by atoms with Crippen molar-refractivity contribution < 1.29 is 4.42 Å². The van der Waals surface area contributed by atoms with Crippen LogP contribution in [0.3, 0.4) is 0 Å². The Labute approximate surface area is 306 Å². The fourth-order valence-corrected chi connectivity index (χ4v) is 7.32. The molecule has 0 aliphatic carbocycles. The quantitative estimate of drug-likeness (QED) is 0.176. The van der Waals surface area contributed by atoms with Gasteiger partial charge in [-0.2, -0.15) is 0 Å². The second-order valence-electron chi connectivity index (χ2n) is 13.2. The summed E-state index contributed by atoms with van der Waals surface area (Å²) < 4.78 is 6.50. The zero-order chi connectivity index (χ0) is 35.1. The first-order valence-corrected chi connectivity index (χ1v) is 17.8. The minimum Gasteiger partial charge on any atom is -0.456 e. The molecule has 0 N–H and O–H groups in total. The molecule has 248 valence electrons. The van der Waals surface area contributed by atoms with E-state index in [9.17, 15) is 0 Å². The molecule has 0 unspecified atom stereocenters. The lowest BCUT2D eigenvalue weighted by atomic mass is 9.98. The molecule has 0 amide bonds. The molecule has 0 radical (unpaired) electrons. The molecule has 0 fully saturated rings. The van der Waals surface area contributed by atoms with Gasteiger partial charge in [-0.25, -0.2) is 15.0 Å². The summed E-state index contributed by atoms with van der Waals surface area (Å²) in [6.45, 7) is 0. The van der Waals surface area contributed by atoms with Crippen LogP contribution in [-0.2, 0) is 0 Å². The average molecular weight is 678 g/mol. The molecule has 4 heteroatoms. The first-order valence-electron chi connectivity index (χ1n) is 17.8. The predicted molar refractivity (Wildman–Crippen MR) is 217 cm³/mol. The molecule has 0 aliphatic heterocycles. The van der Waals surface area contributed by atoms with Crippen molar-refractivity contribution in [3.63, 3.8) is 0 Å². The van der Waals surface area contributed by atoms with Crippen molar-refractivity contribution in [2.75, 3.05) is 0 Å². The monoisotopic (exact) mass is 677 g/mol. The molecule has 0 aliphatic rings. The largest absolute Gasteiger partial charge is 0.456 e. The van der Waals surface area contributed by atoms with Crippen molar-refractivity contribution in [1.29, 1.82) is 0 Å². The van der Waals surface area contributed by atoms with E-state index in [0.29, 0.717) is 17.5 Å². The van der Waals surface area contributed by atoms with Gasteiger partial charge in [0, 0.05) is 27.5 Å². The SMILES string of the molecule is c1ccc(-c2ccc3cc(-c4nc(-c5ccc6c(c5)oc5cccc(-c7ccccc7)c56)nc(-c5ccccc5-c5ccccc5)n4)ccc3c2)cc1. The summed E-state index contributed by atoms with van der Waals surface area (Å²) in [5, 5.41) is 4.43. The third-order valence-corrected chi connectivity index (χ3v) is 9.93. The smallest absolute Gasteiger partial charge is 0.164 e. The number of rotatable bonds is 6. The Morgan fingerprint density at radius 1 is 0.302 bits per heavy atom. The Hall–Kier alpha value is -7.17. The molecule has 10 aromatic rings. The zero-order valence-electron chi connectivity index (χ0n) is 28.6. The van der Waals surface area contributed by atoms with Crippen LogP contribution in [0.25, 0.3) is 100 Å². The molecule has 53 heavy (non-hydrogen) atoms. The molecule has 10 rings (SSSR count). The van der Waals surface area contributed by atoms with Crippen LogP contribution in [0.2, 0.25) is 0 Å². The fourth-order valence-electron chi connectivity index (χ4n) is 7.32. The van der Waals surface area contributed by atoms with Crippen LogP contribution in [0.4, 0.5) is 0 Å². The van der Waals surface area contributed by atoms with Gasteiger partial charge in [0.15, 0.2) is 17.5 Å². The van der Waals surface area contributed by atoms with E-state index in [1.165, 1.54) is 11.1 Å². The number of benzene rings is 8. The maximum absolute atomic E-state index is 6.50. The Bertz CT molecular complexity index is 2940. The standard InChI is InChI=1S/C49H31N3O/c1-4-13-32(14-5-1)35-23-24-37-30-38(26-25-36(37)29-35)47-50-48(52-49(51-47)42-20-11-10-19-40(42)33-15-6-2-7-16-33)39-27-28-43-45(31-39)53-44-22-12-21-41(46(43)44)34-17-8-3-9-18-34/h1-31H. The molecule has 0 saturated heterocycles. The van der Waals surface area contributed by atoms with Crippen molar-refractivity contribution in [2.24, 2.45) is 0 Å². The zero-order valence-corrected chi connectivity index (χ0v) is 28.6. The molecule has 4 nitrogen and oxygen atoms in total. The van der Waals surface area contributed by atoms with Gasteiger partial charge in [-0.1, -0.05) is 158 Å². The first-order chi connectivity index (χ1) is 26.2. The number of fused-ring (bicyclic) bond motifs is 4. The molecule has 8 aromatic carbocycles. The molecular formula is C49H31N3O. The fraction of sp³-hybridized carbons (Fsp3) is 0. The van der Waals surface area contributed by atoms with Crippen molar-refractivity contribution in [2.45, 2.75) is 0 Å². The summed E-state index contributed by atoms with van der Waals surface area (Å²) in [5.41, 5.74) is 11.2. The highest BCUT2D eigenvalue weighted by atomic mass is 16.3. The topological polar surface area (TPSA) is 51.8 Å². The summed E-state index contributed by atoms with van der Waals surface area (Å²) in [5.74, 6) is 1.80. The van der Waals surface area contributed by atoms with Gasteiger partial charge in [-0.05, 0) is 74.5 Å². The van der Waals surface area contributed by atoms with Crippen molar-refractivity contribution in [1.82, 2.24) is 15.0 Å². The van der Waals surface area contributed by atoms with Gasteiger partial charge in [0.05, 0.1) is 0 Å². The third kappa shape index (κ3) is 5.63. The minimum atomic E-state index is 0.582. The van der Waals surface area contributed by atoms with Gasteiger partial charge in [0.2, 0.25) is 0 Å². The summed E-state index contributed by atoms with van der Waals surface area (Å²) >= 11 is 0. The second-order valence-corrected chi connectivity index (χ2v) is 13.2. The lowest BCUT2D eigenvalue weighted by Crippen LogP contribution is -2.01. The van der Waals surface area contributed by atoms with Crippen LogP contribution in [0.1, 0.15) is 0 Å². The number of furan rings is 1. The van der Waals surface area contributed by atoms with Gasteiger partial charge in [-0.15, -0.1) is 0 Å². The minimum absolute atomic E-state index is 0.582. The average Bonchev–Trinajstić information content (AvgIpc) is 3.62. The summed E-state index contributed by atoms with van der Waals surface area (Å²) in [6.07, 6.45) is 0. The number of aromatic nitrogens is 3. The molecule has 2 aromatic heterocycles. The predicted octanol–water partition coefficient (Wildman–Crippen LogP) is 12.9. The lowest BCUT2D eigenvalue weighted by Gasteiger charge is -2.12. The van der Waals surface area contributed by atoms with Crippen molar-refractivity contribution in [3.8, 4) is 67.5 Å². The van der Waals surface area contributed by atoms with E-state index in [1.807, 2.05) is 30.3 Å². The number of nitrogens with zero attached hydrogens (tertiary/aromatic N) is 3. The van der Waals surface area contributed by atoms with E-state index in [4.69, 9.17) is 19.4 Å². The Morgan fingerprint density at radius 3 is 1.51 bits per heavy atom. The maximum Gasteiger partial charge on any atom is 0.164 e. The van der Waals surface area contributed by atoms with Gasteiger partial charge in [0.25, 0.3) is 0 Å². The Kier molecular flexibility index (Phi) is 7.43. The first kappa shape index (κ1) is 30.6. The third-order valence-electron chi connectivity index (χ3n) is 9.93. The van der Waals surface area contributed by atoms with Crippen LogP contribution in [0, 0.1) is 0 Å². The van der Waals surface area contributed by atoms with E-state index >= 15 is 0 Å². The normalized spacial score (nSPS) is 11.4. The van der Waals surface area contributed by atoms with Crippen LogP contribution in [0.5, 0.6) is 0 Å². The van der Waals surface area contributed by atoms with Crippen molar-refractivity contribution in [3.05, 3.63) is 188 Å². The molecule has 0 atom stereocenters. The highest BCUT2D eigenvalue weighted by Crippen LogP contribution is 2.39. The van der Waals surface area contributed by atoms with E-state index < -0.39 is 0 Å². The molecule has 0 spiro atoms. The van der Waals surface area contributed by atoms with E-state index in [2.05, 4.69) is 158 Å². The summed E-state index contributed by atoms with van der Waals surface area (Å²) in [6, 6.07) is 65.1. The second kappa shape index (κ2) is 12.9. The maximum atomic E-state index is 6.50. The molecule has 0 saturated carbocycles. The van der Waals surface area contributed by atoms with Crippen LogP contribution >= 0.6 is 0 Å². The van der Waals surface area contributed by atoms with E-state index in [0.717, 1.165) is 71.7 Å². The van der Waals surface area contributed by atoms with Crippen LogP contribution in [-0.4, -0.2) is 15.0 Å². The van der Waals surface area contributed by atoms with E-state index in [1.54, 1.807) is 0 Å². The van der Waals surface area contributed by atoms with Gasteiger partial charge in [-0.3, -0.25) is 0 Å². The Morgan fingerprint density at radius 2 is 0.811 bits per heavy atom. The molecular weight excluding hydrogens is 647 g/mol. The highest BCUT2D eigenvalue weighted by Gasteiger charge is 2.18. The van der Waals surface area contributed by atoms with Crippen molar-refractivity contribution >= 4 is 32.7 Å². The van der Waals surface area contributed by atoms with Gasteiger partial charge in [0.1, 0.15) is 11.2 Å². The number of hydrogen-bond donors (Lipinski definition) is 0. The van der Waals surface area contributed by atoms with E-state index in [-0.39, 0.29) is 0 Å². The van der Waals surface area contributed by atoms with Crippen LogP contribution in [0.15, 0.2) is 192 Å². The molecule has 2 heterocycles. The van der Waals surface area contributed by atoms with Gasteiger partial charge >= 0.3 is 0 Å². The highest BCUT2D eigenvalue weighted by molar-refractivity contribution is 6.13. The summed E-state index contributed by atoms with van der Waals surface area (Å²) in [7, 11) is 0. The lowest BCUT2D eigenvalue weighted by molar-refractivity contribution is 0.669. The van der Waals surface area contributed by atoms with Crippen LogP contribution < -0.4 is 0 Å². The number of hydrogen-bond acceptors (Lipinski definition) is 4. The van der Waals surface area contributed by atoms with Gasteiger partial charge < -0.3 is 4.42 Å². The Balaban J connectivity index is 1.14. The molecule has 0 bridgehead atoms.